The van der Waals surface area contributed by atoms with Crippen molar-refractivity contribution < 1.29 is 17.9 Å². The van der Waals surface area contributed by atoms with Crippen molar-refractivity contribution in [3.05, 3.63) is 112 Å². The minimum Gasteiger partial charge on any atom is -0.489 e. The first-order chi connectivity index (χ1) is 23.6. The maximum absolute atomic E-state index is 13.9. The molecular weight excluding hydrogens is 676 g/mol. The lowest BCUT2D eigenvalue weighted by Gasteiger charge is -2.37. The molecule has 7 rings (SSSR count). The van der Waals surface area contributed by atoms with Crippen LogP contribution >= 0.6 is 22.9 Å². The summed E-state index contributed by atoms with van der Waals surface area (Å²) in [7, 11) is -3.86. The Bertz CT molecular complexity index is 2140. The van der Waals surface area contributed by atoms with Crippen molar-refractivity contribution >= 4 is 66.0 Å². The molecule has 49 heavy (non-hydrogen) atoms. The van der Waals surface area contributed by atoms with Gasteiger partial charge in [-0.05, 0) is 104 Å². The van der Waals surface area contributed by atoms with Gasteiger partial charge in [-0.1, -0.05) is 41.9 Å². The van der Waals surface area contributed by atoms with Gasteiger partial charge in [-0.3, -0.25) is 14.4 Å². The standard InChI is InChI=1S/C38H39ClN4O4S2/c1-25(2)47-35-10-5-4-9-33(35)42-19-17-41(18-20-42)24-27-7-6-8-29(21-27)37(44)43-16-15-28-11-13-31(23-34(28)43)40-49(45,46)38-26(3)32-22-30(39)12-14-36(32)48-38/h4-14,21-23,25,40H,15-20,24H2,1-3H3. The Morgan fingerprint density at radius 3 is 2.51 bits per heavy atom. The van der Waals surface area contributed by atoms with Gasteiger partial charge < -0.3 is 14.5 Å². The summed E-state index contributed by atoms with van der Waals surface area (Å²) in [5, 5.41) is 1.39. The van der Waals surface area contributed by atoms with Crippen molar-refractivity contribution in [3.8, 4) is 5.75 Å². The number of carbonyl (C=O) groups is 1. The lowest BCUT2D eigenvalue weighted by atomic mass is 10.1. The summed E-state index contributed by atoms with van der Waals surface area (Å²) in [5.41, 5.74) is 5.66. The van der Waals surface area contributed by atoms with Gasteiger partial charge in [0, 0.05) is 60.2 Å². The highest BCUT2D eigenvalue weighted by Gasteiger charge is 2.28. The highest BCUT2D eigenvalue weighted by molar-refractivity contribution is 7.94. The Labute approximate surface area is 296 Å². The Balaban J connectivity index is 1.03. The van der Waals surface area contributed by atoms with Crippen LogP contribution in [0.3, 0.4) is 0 Å². The molecule has 1 amide bonds. The lowest BCUT2D eigenvalue weighted by Crippen LogP contribution is -2.46. The van der Waals surface area contributed by atoms with E-state index in [1.807, 2.05) is 56.3 Å². The van der Waals surface area contributed by atoms with Gasteiger partial charge >= 0.3 is 0 Å². The van der Waals surface area contributed by atoms with Crippen molar-refractivity contribution in [2.75, 3.05) is 47.2 Å². The van der Waals surface area contributed by atoms with Crippen LogP contribution in [0.1, 0.15) is 40.9 Å². The predicted octanol–water partition coefficient (Wildman–Crippen LogP) is 7.98. The number of carbonyl (C=O) groups excluding carboxylic acids is 1. The molecule has 5 aromatic rings. The molecule has 0 spiro atoms. The quantitative estimate of drug-likeness (QED) is 0.167. The van der Waals surface area contributed by atoms with Crippen molar-refractivity contribution in [2.45, 2.75) is 44.0 Å². The zero-order valence-electron chi connectivity index (χ0n) is 27.8. The van der Waals surface area contributed by atoms with E-state index in [9.17, 15) is 13.2 Å². The summed E-state index contributed by atoms with van der Waals surface area (Å²) in [4.78, 5) is 20.5. The molecule has 11 heteroatoms. The number of amides is 1. The van der Waals surface area contributed by atoms with E-state index < -0.39 is 10.0 Å². The van der Waals surface area contributed by atoms with Crippen LogP contribution in [0, 0.1) is 6.92 Å². The fourth-order valence-corrected chi connectivity index (χ4v) is 9.69. The van der Waals surface area contributed by atoms with Crippen LogP contribution < -0.4 is 19.3 Å². The van der Waals surface area contributed by atoms with Gasteiger partial charge in [0.15, 0.2) is 0 Å². The number of hydrogen-bond donors (Lipinski definition) is 1. The number of thiophene rings is 1. The first-order valence-corrected chi connectivity index (χ1v) is 19.2. The molecule has 0 aliphatic carbocycles. The number of nitrogens with one attached hydrogen (secondary N) is 1. The number of fused-ring (bicyclic) bond motifs is 2. The SMILES string of the molecule is Cc1c(S(=O)(=O)Nc2ccc3c(c2)N(C(=O)c2cccc(CN4CCN(c5ccccc5OC(C)C)CC4)c2)CC3)sc2ccc(Cl)cc12. The number of anilines is 3. The van der Waals surface area contributed by atoms with Crippen molar-refractivity contribution in [2.24, 2.45) is 0 Å². The molecule has 1 aromatic heterocycles. The topological polar surface area (TPSA) is 82.2 Å². The highest BCUT2D eigenvalue weighted by atomic mass is 35.5. The van der Waals surface area contributed by atoms with Gasteiger partial charge in [-0.25, -0.2) is 8.42 Å². The number of nitrogens with zero attached hydrogens (tertiary/aromatic N) is 3. The monoisotopic (exact) mass is 714 g/mol. The van der Waals surface area contributed by atoms with Crippen LogP contribution in [0.15, 0.2) is 89.1 Å². The first-order valence-electron chi connectivity index (χ1n) is 16.5. The van der Waals surface area contributed by atoms with E-state index >= 15 is 0 Å². The first kappa shape index (κ1) is 33.4. The van der Waals surface area contributed by atoms with Gasteiger partial charge in [0.2, 0.25) is 0 Å². The second-order valence-corrected chi connectivity index (χ2v) is 16.3. The van der Waals surface area contributed by atoms with E-state index in [0.29, 0.717) is 34.8 Å². The molecule has 0 unspecified atom stereocenters. The molecule has 2 aliphatic rings. The maximum atomic E-state index is 13.9. The average molecular weight is 715 g/mol. The number of sulfonamides is 1. The third-order valence-electron chi connectivity index (χ3n) is 9.10. The van der Waals surface area contributed by atoms with E-state index in [2.05, 4.69) is 32.7 Å². The molecule has 0 saturated carbocycles. The molecule has 1 fully saturated rings. The van der Waals surface area contributed by atoms with Crippen molar-refractivity contribution in [1.29, 1.82) is 0 Å². The molecule has 4 aromatic carbocycles. The second-order valence-electron chi connectivity index (χ2n) is 12.9. The van der Waals surface area contributed by atoms with Crippen LogP contribution in [0.25, 0.3) is 10.1 Å². The summed E-state index contributed by atoms with van der Waals surface area (Å²) >= 11 is 7.39. The largest absolute Gasteiger partial charge is 0.489 e. The number of halogens is 1. The van der Waals surface area contributed by atoms with Gasteiger partial charge in [0.25, 0.3) is 15.9 Å². The van der Waals surface area contributed by atoms with E-state index in [4.69, 9.17) is 16.3 Å². The molecule has 8 nitrogen and oxygen atoms in total. The maximum Gasteiger partial charge on any atom is 0.271 e. The van der Waals surface area contributed by atoms with Gasteiger partial charge in [0.05, 0.1) is 17.5 Å². The van der Waals surface area contributed by atoms with Crippen LogP contribution in [0.5, 0.6) is 5.75 Å². The minimum atomic E-state index is -3.86. The Morgan fingerprint density at radius 1 is 0.918 bits per heavy atom. The minimum absolute atomic E-state index is 0.0931. The highest BCUT2D eigenvalue weighted by Crippen LogP contribution is 2.38. The summed E-state index contributed by atoms with van der Waals surface area (Å²) in [6.07, 6.45) is 0.823. The number of benzene rings is 4. The van der Waals surface area contributed by atoms with Gasteiger partial charge in [0.1, 0.15) is 9.96 Å². The fraction of sp³-hybridized carbons (Fsp3) is 0.289. The van der Waals surface area contributed by atoms with E-state index in [1.165, 1.54) is 11.3 Å². The fourth-order valence-electron chi connectivity index (χ4n) is 6.72. The average Bonchev–Trinajstić information content (AvgIpc) is 3.65. The zero-order chi connectivity index (χ0) is 34.3. The molecule has 1 N–H and O–H groups in total. The van der Waals surface area contributed by atoms with Gasteiger partial charge in [-0.2, -0.15) is 0 Å². The van der Waals surface area contributed by atoms with Crippen LogP contribution in [-0.2, 0) is 23.0 Å². The Morgan fingerprint density at radius 2 is 1.71 bits per heavy atom. The smallest absolute Gasteiger partial charge is 0.271 e. The van der Waals surface area contributed by atoms with Crippen LogP contribution in [0.4, 0.5) is 17.1 Å². The number of rotatable bonds is 9. The zero-order valence-corrected chi connectivity index (χ0v) is 30.2. The van der Waals surface area contributed by atoms with Crippen LogP contribution in [0.2, 0.25) is 5.02 Å². The van der Waals surface area contributed by atoms with Crippen molar-refractivity contribution in [3.63, 3.8) is 0 Å². The molecule has 2 aliphatic heterocycles. The number of aryl methyl sites for hydroxylation is 1. The molecular formula is C38H39ClN4O4S2. The molecule has 0 atom stereocenters. The summed E-state index contributed by atoms with van der Waals surface area (Å²) < 4.78 is 37.0. The normalized spacial score (nSPS) is 15.2. The van der Waals surface area contributed by atoms with E-state index in [0.717, 1.165) is 71.1 Å². The van der Waals surface area contributed by atoms with Gasteiger partial charge in [-0.15, -0.1) is 11.3 Å². The van der Waals surface area contributed by atoms with E-state index in [-0.39, 0.29) is 16.2 Å². The number of hydrogen-bond acceptors (Lipinski definition) is 7. The molecule has 0 radical (unpaired) electrons. The third kappa shape index (κ3) is 7.01. The Hall–Kier alpha value is -4.09. The summed E-state index contributed by atoms with van der Waals surface area (Å²) in [6.45, 7) is 10.8. The number of piperazine rings is 1. The summed E-state index contributed by atoms with van der Waals surface area (Å²) in [5.74, 6) is 0.826. The molecule has 1 saturated heterocycles. The predicted molar refractivity (Wildman–Crippen MR) is 200 cm³/mol. The summed E-state index contributed by atoms with van der Waals surface area (Å²) in [6, 6.07) is 26.9. The molecule has 3 heterocycles. The Kier molecular flexibility index (Phi) is 9.32. The van der Waals surface area contributed by atoms with E-state index in [1.54, 1.807) is 36.1 Å². The number of ether oxygens (including phenoxy) is 1. The number of para-hydroxylation sites is 2. The molecule has 254 valence electrons. The second kappa shape index (κ2) is 13.7. The van der Waals surface area contributed by atoms with Crippen molar-refractivity contribution in [1.82, 2.24) is 4.90 Å². The third-order valence-corrected chi connectivity index (χ3v) is 12.6. The van der Waals surface area contributed by atoms with Crippen LogP contribution in [-0.4, -0.2) is 58.1 Å². The molecule has 0 bridgehead atoms. The lowest BCUT2D eigenvalue weighted by molar-refractivity contribution is 0.0989.